The van der Waals surface area contributed by atoms with E-state index in [0.29, 0.717) is 27.8 Å². The normalized spacial score (nSPS) is 16.8. The largest absolute Gasteiger partial charge is 0.490 e. The van der Waals surface area contributed by atoms with E-state index < -0.39 is 16.8 Å². The summed E-state index contributed by atoms with van der Waals surface area (Å²) in [5, 5.41) is 0.697. The topological polar surface area (TPSA) is 93.2 Å². The van der Waals surface area contributed by atoms with E-state index in [4.69, 9.17) is 4.74 Å². The van der Waals surface area contributed by atoms with Crippen LogP contribution in [0.15, 0.2) is 41.5 Å². The lowest BCUT2D eigenvalue weighted by Crippen LogP contribution is -2.30. The van der Waals surface area contributed by atoms with Gasteiger partial charge in [0.15, 0.2) is 0 Å². The summed E-state index contributed by atoms with van der Waals surface area (Å²) >= 11 is 0. The molecule has 10 heteroatoms. The molecule has 1 saturated carbocycles. The molecule has 1 aliphatic rings. The highest BCUT2D eigenvalue weighted by Crippen LogP contribution is 2.39. The molecule has 0 aliphatic heterocycles. The maximum atomic E-state index is 13.5. The van der Waals surface area contributed by atoms with Crippen LogP contribution in [-0.2, 0) is 24.5 Å². The number of aromatic nitrogens is 2. The summed E-state index contributed by atoms with van der Waals surface area (Å²) in [7, 11) is -1.11. The van der Waals surface area contributed by atoms with Crippen LogP contribution in [0, 0.1) is 0 Å². The Kier molecular flexibility index (Phi) is 5.85. The Morgan fingerprint density at radius 3 is 2.68 bits per heavy atom. The number of alkyl halides is 2. The van der Waals surface area contributed by atoms with Gasteiger partial charge in [-0.15, -0.1) is 0 Å². The Balaban J connectivity index is 1.77. The fraction of sp³-hybridized carbons (Fsp3) is 0.381. The molecule has 0 atom stereocenters. The smallest absolute Gasteiger partial charge is 0.274 e. The van der Waals surface area contributed by atoms with Gasteiger partial charge in [0.1, 0.15) is 11.3 Å². The number of halogens is 2. The molecule has 2 N–H and O–H groups in total. The zero-order chi connectivity index (χ0) is 22.2. The molecule has 7 nitrogen and oxygen atoms in total. The molecular weight excluding hydrogens is 428 g/mol. The molecule has 166 valence electrons. The third-order valence-electron chi connectivity index (χ3n) is 5.60. The lowest BCUT2D eigenvalue weighted by molar-refractivity contribution is -0.0581. The molecule has 1 fully saturated rings. The van der Waals surface area contributed by atoms with Gasteiger partial charge in [0, 0.05) is 55.3 Å². The number of fused-ring (bicyclic) bond motifs is 1. The summed E-state index contributed by atoms with van der Waals surface area (Å²) in [5.41, 5.74) is 2.35. The van der Waals surface area contributed by atoms with E-state index in [1.165, 1.54) is 4.57 Å². The van der Waals surface area contributed by atoms with Crippen molar-refractivity contribution in [1.82, 2.24) is 14.3 Å². The van der Waals surface area contributed by atoms with Crippen molar-refractivity contribution in [2.45, 2.75) is 44.3 Å². The van der Waals surface area contributed by atoms with Crippen molar-refractivity contribution >= 4 is 21.8 Å². The van der Waals surface area contributed by atoms with E-state index in [-0.39, 0.29) is 43.9 Å². The van der Waals surface area contributed by atoms with Crippen LogP contribution < -0.4 is 15.0 Å². The first-order valence-electron chi connectivity index (χ1n) is 9.96. The van der Waals surface area contributed by atoms with Gasteiger partial charge < -0.3 is 14.3 Å². The monoisotopic (exact) mass is 451 g/mol. The first-order chi connectivity index (χ1) is 14.7. The van der Waals surface area contributed by atoms with Crippen molar-refractivity contribution in [2.24, 2.45) is 7.05 Å². The Bertz CT molecular complexity index is 1230. The summed E-state index contributed by atoms with van der Waals surface area (Å²) < 4.78 is 58.9. The van der Waals surface area contributed by atoms with Crippen LogP contribution in [0.2, 0.25) is 0 Å². The SMILES string of the molecule is Cn1cc(-c2cc(CN[SH](=O)=O)ccc2OC2CCC(F)(F)CC2)c2cc[nH]c2c1=O. The van der Waals surface area contributed by atoms with E-state index in [1.807, 2.05) is 0 Å². The van der Waals surface area contributed by atoms with Crippen LogP contribution in [0.3, 0.4) is 0 Å². The fourth-order valence-corrected chi connectivity index (χ4v) is 4.26. The van der Waals surface area contributed by atoms with E-state index in [0.717, 1.165) is 5.56 Å². The summed E-state index contributed by atoms with van der Waals surface area (Å²) in [5.74, 6) is -2.14. The minimum atomic E-state index is -2.75. The van der Waals surface area contributed by atoms with Crippen LogP contribution in [0.25, 0.3) is 22.0 Å². The molecule has 0 spiro atoms. The van der Waals surface area contributed by atoms with Crippen LogP contribution in [0.5, 0.6) is 5.75 Å². The minimum Gasteiger partial charge on any atom is -0.490 e. The molecule has 0 saturated heterocycles. The number of nitrogens with one attached hydrogen (secondary N) is 2. The van der Waals surface area contributed by atoms with Crippen molar-refractivity contribution < 1.29 is 21.9 Å². The highest BCUT2D eigenvalue weighted by molar-refractivity contribution is 7.70. The second-order valence-corrected chi connectivity index (χ2v) is 8.65. The molecule has 0 bridgehead atoms. The van der Waals surface area contributed by atoms with Gasteiger partial charge in [-0.05, 0) is 36.6 Å². The third kappa shape index (κ3) is 4.64. The van der Waals surface area contributed by atoms with Crippen molar-refractivity contribution in [3.05, 3.63) is 52.6 Å². The van der Waals surface area contributed by atoms with Crippen LogP contribution >= 0.6 is 0 Å². The lowest BCUT2D eigenvalue weighted by atomic mass is 9.94. The number of aryl methyl sites for hydroxylation is 1. The standard InChI is InChI=1S/C21H23F2N3O4S/c1-26-12-17(15-6-9-24-19(15)20(26)27)16-10-13(11-25-31(28)29)2-3-18(16)30-14-4-7-21(22,23)8-5-14/h2-3,6,9-10,12,14,24,31H,4-5,7-8,11H2,1H3,(H,25,28,29). The van der Waals surface area contributed by atoms with Gasteiger partial charge in [0.05, 0.1) is 6.10 Å². The van der Waals surface area contributed by atoms with Crippen molar-refractivity contribution in [3.8, 4) is 16.9 Å². The molecule has 2 aromatic heterocycles. The molecular formula is C21H23F2N3O4S. The predicted octanol–water partition coefficient (Wildman–Crippen LogP) is 3.11. The van der Waals surface area contributed by atoms with Crippen LogP contribution in [0.1, 0.15) is 31.2 Å². The van der Waals surface area contributed by atoms with Crippen LogP contribution in [-0.4, -0.2) is 30.0 Å². The van der Waals surface area contributed by atoms with Gasteiger partial charge in [0.25, 0.3) is 5.56 Å². The van der Waals surface area contributed by atoms with Gasteiger partial charge in [-0.3, -0.25) is 4.79 Å². The molecule has 0 unspecified atom stereocenters. The maximum absolute atomic E-state index is 13.5. The maximum Gasteiger partial charge on any atom is 0.274 e. The number of rotatable bonds is 6. The first-order valence-corrected chi connectivity index (χ1v) is 11.1. The molecule has 2 heterocycles. The van der Waals surface area contributed by atoms with Gasteiger partial charge in [-0.1, -0.05) is 6.07 Å². The Labute approximate surface area is 179 Å². The Morgan fingerprint density at radius 2 is 1.97 bits per heavy atom. The minimum absolute atomic E-state index is 0.101. The van der Waals surface area contributed by atoms with E-state index in [9.17, 15) is 22.0 Å². The first kappa shape index (κ1) is 21.5. The highest BCUT2D eigenvalue weighted by atomic mass is 32.2. The highest BCUT2D eigenvalue weighted by Gasteiger charge is 2.36. The number of hydrogen-bond donors (Lipinski definition) is 3. The molecule has 1 aliphatic carbocycles. The number of thiol groups is 1. The second kappa shape index (κ2) is 8.43. The van der Waals surface area contributed by atoms with Gasteiger partial charge in [-0.2, -0.15) is 0 Å². The Morgan fingerprint density at radius 1 is 1.23 bits per heavy atom. The van der Waals surface area contributed by atoms with Gasteiger partial charge in [-0.25, -0.2) is 21.9 Å². The second-order valence-electron chi connectivity index (χ2n) is 7.82. The summed E-state index contributed by atoms with van der Waals surface area (Å²) in [6.07, 6.45) is 3.10. The summed E-state index contributed by atoms with van der Waals surface area (Å²) in [6, 6.07) is 7.04. The van der Waals surface area contributed by atoms with Crippen molar-refractivity contribution in [2.75, 3.05) is 0 Å². The van der Waals surface area contributed by atoms with Crippen LogP contribution in [0.4, 0.5) is 8.78 Å². The Hall–Kier alpha value is -2.72. The zero-order valence-electron chi connectivity index (χ0n) is 16.9. The number of H-pyrrole nitrogens is 1. The third-order valence-corrected chi connectivity index (χ3v) is 6.01. The van der Waals surface area contributed by atoms with E-state index in [2.05, 4.69) is 9.71 Å². The van der Waals surface area contributed by atoms with E-state index in [1.54, 1.807) is 43.7 Å². The number of aromatic amines is 1. The van der Waals surface area contributed by atoms with E-state index >= 15 is 0 Å². The molecule has 1 aromatic carbocycles. The zero-order valence-corrected chi connectivity index (χ0v) is 17.8. The average Bonchev–Trinajstić information content (AvgIpc) is 3.22. The number of nitrogens with zero attached hydrogens (tertiary/aromatic N) is 1. The summed E-state index contributed by atoms with van der Waals surface area (Å²) in [6.45, 7) is 0.101. The number of pyridine rings is 1. The predicted molar refractivity (Wildman–Crippen MR) is 114 cm³/mol. The quantitative estimate of drug-likeness (QED) is 0.502. The molecule has 4 rings (SSSR count). The van der Waals surface area contributed by atoms with Gasteiger partial charge in [0.2, 0.25) is 16.8 Å². The molecule has 31 heavy (non-hydrogen) atoms. The van der Waals surface area contributed by atoms with Crippen molar-refractivity contribution in [1.29, 1.82) is 0 Å². The number of ether oxygens (including phenoxy) is 1. The molecule has 0 amide bonds. The van der Waals surface area contributed by atoms with Crippen molar-refractivity contribution in [3.63, 3.8) is 0 Å². The molecule has 0 radical (unpaired) electrons. The fourth-order valence-electron chi connectivity index (χ4n) is 3.95. The van der Waals surface area contributed by atoms with Gasteiger partial charge >= 0.3 is 0 Å². The average molecular weight is 451 g/mol. The number of hydrogen-bond acceptors (Lipinski definition) is 4. The lowest BCUT2D eigenvalue weighted by Gasteiger charge is -2.29. The molecule has 3 aromatic rings. The summed E-state index contributed by atoms with van der Waals surface area (Å²) in [4.78, 5) is 15.4. The number of benzene rings is 1.